The highest BCUT2D eigenvalue weighted by molar-refractivity contribution is 5.99. The van der Waals surface area contributed by atoms with E-state index in [-0.39, 0.29) is 35.2 Å². The molecule has 0 bridgehead atoms. The van der Waals surface area contributed by atoms with Gasteiger partial charge in [-0.2, -0.15) is 0 Å². The van der Waals surface area contributed by atoms with Gasteiger partial charge in [-0.1, -0.05) is 19.9 Å². The number of rotatable bonds is 9. The number of amides is 2. The smallest absolute Gasteiger partial charge is 0.329 e. The van der Waals surface area contributed by atoms with Gasteiger partial charge in [-0.05, 0) is 105 Å². The van der Waals surface area contributed by atoms with E-state index < -0.39 is 5.91 Å². The lowest BCUT2D eigenvalue weighted by Crippen LogP contribution is -2.42. The largest absolute Gasteiger partial charge is 0.381 e. The predicted molar refractivity (Wildman–Crippen MR) is 202 cm³/mol. The lowest BCUT2D eigenvalue weighted by atomic mass is 9.86. The number of H-pyrrole nitrogens is 1. The zero-order valence-corrected chi connectivity index (χ0v) is 31.1. The minimum absolute atomic E-state index is 0.0697. The molecule has 2 aromatic heterocycles. The zero-order chi connectivity index (χ0) is 36.7. The number of aryl methyl sites for hydroxylation is 3. The fourth-order valence-electron chi connectivity index (χ4n) is 8.37. The molecule has 0 unspecified atom stereocenters. The van der Waals surface area contributed by atoms with Crippen LogP contribution in [0.4, 0.5) is 5.69 Å². The van der Waals surface area contributed by atoms with Gasteiger partial charge in [0.1, 0.15) is 0 Å². The number of hydrogen-bond acceptors (Lipinski definition) is 6. The molecule has 2 saturated heterocycles. The van der Waals surface area contributed by atoms with Crippen LogP contribution in [0.25, 0.3) is 22.2 Å². The standard InChI is InChI=1S/C40H52N6O5/c1-8-45(28-13-17-51-18-14-28)36-26(6)31(37(41)47)22-32(33(36)21-30-24(4)19-25(5)42-38(30)48)27-9-10-34-35(20-27)46(40(50)43(34)7)29-11-15-44(16-12-29)39(49)23(2)3/h9-10,19-20,22-23,28-29H,8,11-18,21H2,1-7H3,(H2,41,47)(H,42,48). The maximum Gasteiger partial charge on any atom is 0.329 e. The van der Waals surface area contributed by atoms with Crippen LogP contribution in [-0.2, 0) is 23.0 Å². The summed E-state index contributed by atoms with van der Waals surface area (Å²) in [7, 11) is 1.79. The van der Waals surface area contributed by atoms with E-state index in [0.29, 0.717) is 63.2 Å². The van der Waals surface area contributed by atoms with Crippen molar-refractivity contribution in [1.82, 2.24) is 19.0 Å². The van der Waals surface area contributed by atoms with E-state index in [2.05, 4.69) is 16.8 Å². The highest BCUT2D eigenvalue weighted by Crippen LogP contribution is 2.41. The number of primary amides is 1. The van der Waals surface area contributed by atoms with Crippen LogP contribution in [0.5, 0.6) is 0 Å². The van der Waals surface area contributed by atoms with Crippen LogP contribution in [-0.4, -0.2) is 69.7 Å². The lowest BCUT2D eigenvalue weighted by Gasteiger charge is -2.38. The first-order valence-corrected chi connectivity index (χ1v) is 18.3. The van der Waals surface area contributed by atoms with Gasteiger partial charge in [-0.25, -0.2) is 4.79 Å². The van der Waals surface area contributed by atoms with Crippen LogP contribution in [0.1, 0.15) is 90.8 Å². The number of hydrogen-bond donors (Lipinski definition) is 2. The lowest BCUT2D eigenvalue weighted by molar-refractivity contribution is -0.135. The van der Waals surface area contributed by atoms with Crippen molar-refractivity contribution in [2.24, 2.45) is 18.7 Å². The third kappa shape index (κ3) is 6.76. The van der Waals surface area contributed by atoms with Crippen LogP contribution >= 0.6 is 0 Å². The van der Waals surface area contributed by atoms with Gasteiger partial charge in [0.05, 0.1) is 11.0 Å². The van der Waals surface area contributed by atoms with Crippen molar-refractivity contribution in [3.05, 3.63) is 84.7 Å². The number of likely N-dealkylation sites (tertiary alicyclic amines) is 1. The normalized spacial score (nSPS) is 16.0. The second-order valence-corrected chi connectivity index (χ2v) is 14.7. The summed E-state index contributed by atoms with van der Waals surface area (Å²) in [6.07, 6.45) is 3.39. The molecule has 2 aliphatic heterocycles. The van der Waals surface area contributed by atoms with Crippen LogP contribution in [0.2, 0.25) is 0 Å². The van der Waals surface area contributed by atoms with Crippen molar-refractivity contribution in [2.45, 2.75) is 85.7 Å². The highest BCUT2D eigenvalue weighted by Gasteiger charge is 2.31. The molecule has 11 nitrogen and oxygen atoms in total. The average Bonchev–Trinajstić information content (AvgIpc) is 3.35. The first-order valence-electron chi connectivity index (χ1n) is 18.3. The third-order valence-electron chi connectivity index (χ3n) is 11.1. The fraction of sp³-hybridized carbons (Fsp3) is 0.500. The molecule has 0 atom stereocenters. The molecule has 0 radical (unpaired) electrons. The Labute approximate surface area is 299 Å². The van der Waals surface area contributed by atoms with Crippen LogP contribution in [0.15, 0.2) is 39.9 Å². The molecule has 51 heavy (non-hydrogen) atoms. The quantitative estimate of drug-likeness (QED) is 0.249. The van der Waals surface area contributed by atoms with Gasteiger partial charge in [0.15, 0.2) is 0 Å². The number of aromatic amines is 1. The van der Waals surface area contributed by atoms with Gasteiger partial charge < -0.3 is 25.3 Å². The maximum atomic E-state index is 13.8. The molecule has 2 fully saturated rings. The van der Waals surface area contributed by atoms with Gasteiger partial charge >= 0.3 is 5.69 Å². The number of imidazole rings is 1. The van der Waals surface area contributed by atoms with E-state index >= 15 is 0 Å². The molecule has 2 aliphatic rings. The molecule has 272 valence electrons. The first kappa shape index (κ1) is 36.2. The second kappa shape index (κ2) is 14.5. The second-order valence-electron chi connectivity index (χ2n) is 14.7. The van der Waals surface area contributed by atoms with Crippen LogP contribution in [0, 0.1) is 26.7 Å². The molecule has 6 rings (SSSR count). The number of pyridine rings is 1. The van der Waals surface area contributed by atoms with E-state index in [4.69, 9.17) is 10.5 Å². The van der Waals surface area contributed by atoms with Crippen LogP contribution < -0.4 is 21.9 Å². The maximum absolute atomic E-state index is 13.8. The predicted octanol–water partition coefficient (Wildman–Crippen LogP) is 5.14. The van der Waals surface area contributed by atoms with Crippen molar-refractivity contribution in [3.63, 3.8) is 0 Å². The SMILES string of the molecule is CCN(c1c(C)c(C(N)=O)cc(-c2ccc3c(c2)n(C2CCN(C(=O)C(C)C)CC2)c(=O)n3C)c1Cc1c(C)cc(C)[nH]c1=O)C1CCOCC1. The number of carbonyl (C=O) groups is 2. The summed E-state index contributed by atoms with van der Waals surface area (Å²) >= 11 is 0. The number of anilines is 1. The third-order valence-corrected chi connectivity index (χ3v) is 11.1. The fourth-order valence-corrected chi connectivity index (χ4v) is 8.37. The van der Waals surface area contributed by atoms with Crippen molar-refractivity contribution in [3.8, 4) is 11.1 Å². The van der Waals surface area contributed by atoms with E-state index in [1.807, 2.05) is 74.4 Å². The molecule has 2 aromatic carbocycles. The molecule has 4 aromatic rings. The Hall–Kier alpha value is -4.64. The summed E-state index contributed by atoms with van der Waals surface area (Å²) in [4.78, 5) is 60.5. The summed E-state index contributed by atoms with van der Waals surface area (Å²) in [5, 5.41) is 0. The van der Waals surface area contributed by atoms with Crippen molar-refractivity contribution in [2.75, 3.05) is 37.7 Å². The molecule has 11 heteroatoms. The monoisotopic (exact) mass is 696 g/mol. The van der Waals surface area contributed by atoms with Gasteiger partial charge in [-0.15, -0.1) is 0 Å². The minimum Gasteiger partial charge on any atom is -0.381 e. The Morgan fingerprint density at radius 3 is 2.27 bits per heavy atom. The molecule has 0 aliphatic carbocycles. The topological polar surface area (TPSA) is 136 Å². The summed E-state index contributed by atoms with van der Waals surface area (Å²) < 4.78 is 9.29. The molecule has 0 saturated carbocycles. The van der Waals surface area contributed by atoms with E-state index in [1.54, 1.807) is 11.6 Å². The number of carbonyl (C=O) groups excluding carboxylic acids is 2. The summed E-state index contributed by atoms with van der Waals surface area (Å²) in [5.41, 5.74) is 14.5. The number of benzene rings is 2. The molecule has 0 spiro atoms. The van der Waals surface area contributed by atoms with Crippen molar-refractivity contribution >= 4 is 28.5 Å². The Morgan fingerprint density at radius 1 is 0.980 bits per heavy atom. The molecular weight excluding hydrogens is 644 g/mol. The first-order chi connectivity index (χ1) is 24.3. The molecular formula is C40H52N6O5. The number of nitrogens with zero attached hydrogens (tertiary/aromatic N) is 4. The van der Waals surface area contributed by atoms with Gasteiger partial charge in [0, 0.05) is 86.8 Å². The number of aromatic nitrogens is 3. The zero-order valence-electron chi connectivity index (χ0n) is 31.1. The number of nitrogens with two attached hydrogens (primary N) is 1. The van der Waals surface area contributed by atoms with Gasteiger partial charge in [0.25, 0.3) is 5.56 Å². The Morgan fingerprint density at radius 2 is 1.67 bits per heavy atom. The summed E-state index contributed by atoms with van der Waals surface area (Å²) in [6.45, 7) is 14.9. The van der Waals surface area contributed by atoms with E-state index in [1.165, 1.54) is 0 Å². The van der Waals surface area contributed by atoms with Crippen molar-refractivity contribution < 1.29 is 14.3 Å². The molecule has 3 N–H and O–H groups in total. The highest BCUT2D eigenvalue weighted by atomic mass is 16.5. The molecule has 4 heterocycles. The van der Waals surface area contributed by atoms with Crippen LogP contribution in [0.3, 0.4) is 0 Å². The average molecular weight is 697 g/mol. The summed E-state index contributed by atoms with van der Waals surface area (Å²) in [5.74, 6) is -0.453. The van der Waals surface area contributed by atoms with Crippen molar-refractivity contribution in [1.29, 1.82) is 0 Å². The Bertz CT molecular complexity index is 2090. The number of piperidine rings is 1. The Kier molecular flexibility index (Phi) is 10.3. The number of nitrogens with one attached hydrogen (secondary N) is 1. The number of fused-ring (bicyclic) bond motifs is 1. The Balaban J connectivity index is 1.57. The van der Waals surface area contributed by atoms with Gasteiger partial charge in [0.2, 0.25) is 11.8 Å². The minimum atomic E-state index is -0.519. The molecule has 2 amide bonds. The van der Waals surface area contributed by atoms with E-state index in [9.17, 15) is 19.2 Å². The summed E-state index contributed by atoms with van der Waals surface area (Å²) in [6, 6.07) is 9.98. The van der Waals surface area contributed by atoms with E-state index in [0.717, 1.165) is 63.1 Å². The number of ether oxygens (including phenoxy) is 1. The van der Waals surface area contributed by atoms with Gasteiger partial charge in [-0.3, -0.25) is 23.5 Å².